The number of para-hydroxylation sites is 1. The highest BCUT2D eigenvalue weighted by molar-refractivity contribution is 7.52. The quantitative estimate of drug-likeness (QED) is 0.196. The molecule has 1 aromatic carbocycles. The lowest BCUT2D eigenvalue weighted by Crippen LogP contribution is -2.49. The highest BCUT2D eigenvalue weighted by atomic mass is 31.2. The second-order valence-electron chi connectivity index (χ2n) is 9.38. The van der Waals surface area contributed by atoms with E-state index in [0.717, 1.165) is 0 Å². The fourth-order valence-electron chi connectivity index (χ4n) is 4.09. The number of halogens is 1. The number of benzene rings is 1. The molecule has 3 heterocycles. The van der Waals surface area contributed by atoms with E-state index in [1.165, 1.54) is 29.9 Å². The summed E-state index contributed by atoms with van der Waals surface area (Å²) in [6.45, 7) is 2.56. The first-order valence-corrected chi connectivity index (χ1v) is 13.7. The number of nitrogen functional groups attached to an aromatic ring is 1. The number of hydrogen-bond donors (Lipinski definition) is 4. The molecule has 3 aromatic rings. The summed E-state index contributed by atoms with van der Waals surface area (Å²) in [4.78, 5) is 16.3. The van der Waals surface area contributed by atoms with Gasteiger partial charge < -0.3 is 29.9 Å². The largest absolute Gasteiger partial charge is 0.462 e. The van der Waals surface area contributed by atoms with Crippen molar-refractivity contribution in [1.29, 1.82) is 0 Å². The van der Waals surface area contributed by atoms with Crippen molar-refractivity contribution >= 4 is 25.1 Å². The van der Waals surface area contributed by atoms with Gasteiger partial charge >= 0.3 is 13.7 Å². The molecule has 0 radical (unpaired) electrons. The predicted octanol–water partition coefficient (Wildman–Crippen LogP) is 1.95. The van der Waals surface area contributed by atoms with Crippen LogP contribution in [0.25, 0.3) is 5.52 Å². The Balaban J connectivity index is 1.58. The molecule has 1 fully saturated rings. The first-order valence-electron chi connectivity index (χ1n) is 12.1. The molecule has 4 rings (SSSR count). The van der Waals surface area contributed by atoms with Crippen molar-refractivity contribution in [1.82, 2.24) is 19.7 Å². The minimum absolute atomic E-state index is 0.134. The lowest BCUT2D eigenvalue weighted by atomic mass is 9.96. The molecule has 13 nitrogen and oxygen atoms in total. The number of esters is 1. The standard InChI is InChI=1S/C24H31FN5O8P/c1-14(2)36-23(33)15(3)29-39(34,38-16-7-5-4-6-8-16)35-12-24(11-25)21(32)19(31)20(37-24)17-9-10-18-22(26)27-13-28-30(17)18/h4-10,13-15,19-21,31-32H,11-12H2,1-3H3,(H,29,34)(H2,26,27,28)/t15-,19-,20-,21-,24+,39?/m0/s1. The van der Waals surface area contributed by atoms with Crippen LogP contribution in [0.15, 0.2) is 48.8 Å². The maximum absolute atomic E-state index is 14.6. The van der Waals surface area contributed by atoms with Crippen LogP contribution < -0.4 is 15.3 Å². The second-order valence-corrected chi connectivity index (χ2v) is 11.1. The van der Waals surface area contributed by atoms with Gasteiger partial charge in [-0.25, -0.2) is 18.5 Å². The number of carbonyl (C=O) groups excluding carboxylic acids is 1. The van der Waals surface area contributed by atoms with Crippen molar-refractivity contribution in [2.24, 2.45) is 0 Å². The molecule has 6 atom stereocenters. The zero-order valence-electron chi connectivity index (χ0n) is 21.5. The molecule has 0 aliphatic carbocycles. The van der Waals surface area contributed by atoms with Crippen LogP contribution in [-0.2, 0) is 23.4 Å². The maximum Gasteiger partial charge on any atom is 0.459 e. The number of nitrogens with one attached hydrogen (secondary N) is 1. The number of rotatable bonds is 11. The first-order chi connectivity index (χ1) is 18.5. The molecule has 1 saturated heterocycles. The summed E-state index contributed by atoms with van der Waals surface area (Å²) in [5, 5.41) is 28.3. The van der Waals surface area contributed by atoms with E-state index >= 15 is 0 Å². The van der Waals surface area contributed by atoms with E-state index in [1.54, 1.807) is 44.2 Å². The fourth-order valence-corrected chi connectivity index (χ4v) is 5.64. The van der Waals surface area contributed by atoms with E-state index in [9.17, 15) is 24.0 Å². The maximum atomic E-state index is 14.6. The normalized spacial score (nSPS) is 25.5. The Bertz CT molecular complexity index is 1340. The highest BCUT2D eigenvalue weighted by Crippen LogP contribution is 2.48. The van der Waals surface area contributed by atoms with Crippen molar-refractivity contribution in [3.05, 3.63) is 54.5 Å². The number of ether oxygens (including phenoxy) is 2. The zero-order chi connectivity index (χ0) is 28.4. The summed E-state index contributed by atoms with van der Waals surface area (Å²) in [5.74, 6) is -0.422. The Morgan fingerprint density at radius 2 is 1.97 bits per heavy atom. The van der Waals surface area contributed by atoms with Crippen LogP contribution in [0.1, 0.15) is 32.6 Å². The van der Waals surface area contributed by atoms with E-state index in [-0.39, 0.29) is 17.3 Å². The van der Waals surface area contributed by atoms with Crippen molar-refractivity contribution < 1.29 is 42.5 Å². The summed E-state index contributed by atoms with van der Waals surface area (Å²) in [6, 6.07) is 9.96. The van der Waals surface area contributed by atoms with Gasteiger partial charge in [0.2, 0.25) is 0 Å². The van der Waals surface area contributed by atoms with Gasteiger partial charge in [0.05, 0.1) is 18.4 Å². The molecule has 1 aliphatic rings. The molecule has 39 heavy (non-hydrogen) atoms. The number of aromatic nitrogens is 3. The van der Waals surface area contributed by atoms with Gasteiger partial charge in [0.25, 0.3) is 0 Å². The van der Waals surface area contributed by atoms with E-state index in [1.807, 2.05) is 0 Å². The third kappa shape index (κ3) is 6.06. The number of nitrogens with two attached hydrogens (primary N) is 1. The van der Waals surface area contributed by atoms with Crippen LogP contribution in [0.2, 0.25) is 0 Å². The summed E-state index contributed by atoms with van der Waals surface area (Å²) in [7, 11) is -4.41. The molecule has 212 valence electrons. The molecule has 1 aliphatic heterocycles. The number of aliphatic hydroxyl groups excluding tert-OH is 2. The van der Waals surface area contributed by atoms with E-state index in [4.69, 9.17) is 24.3 Å². The lowest BCUT2D eigenvalue weighted by molar-refractivity contribution is -0.149. The Morgan fingerprint density at radius 1 is 1.26 bits per heavy atom. The van der Waals surface area contributed by atoms with Crippen LogP contribution in [0.5, 0.6) is 5.75 Å². The smallest absolute Gasteiger partial charge is 0.459 e. The Kier molecular flexibility index (Phi) is 8.54. The van der Waals surface area contributed by atoms with Crippen molar-refractivity contribution in [3.8, 4) is 5.75 Å². The van der Waals surface area contributed by atoms with Crippen LogP contribution in [0, 0.1) is 0 Å². The molecular formula is C24H31FN5O8P. The summed E-state index contributed by atoms with van der Waals surface area (Å²) >= 11 is 0. The third-order valence-electron chi connectivity index (χ3n) is 6.07. The second kappa shape index (κ2) is 11.5. The number of nitrogens with zero attached hydrogens (tertiary/aromatic N) is 3. The molecule has 0 spiro atoms. The van der Waals surface area contributed by atoms with E-state index in [0.29, 0.717) is 5.52 Å². The Hall–Kier alpha value is -3.13. The number of aliphatic hydroxyl groups is 2. The molecule has 0 saturated carbocycles. The minimum Gasteiger partial charge on any atom is -0.462 e. The zero-order valence-corrected chi connectivity index (χ0v) is 22.4. The van der Waals surface area contributed by atoms with Gasteiger partial charge in [-0.2, -0.15) is 10.2 Å². The van der Waals surface area contributed by atoms with Gasteiger partial charge in [-0.3, -0.25) is 9.32 Å². The highest BCUT2D eigenvalue weighted by Gasteiger charge is 2.57. The average molecular weight is 568 g/mol. The van der Waals surface area contributed by atoms with Crippen molar-refractivity contribution in [2.45, 2.75) is 56.8 Å². The number of carbonyl (C=O) groups is 1. The van der Waals surface area contributed by atoms with Crippen molar-refractivity contribution in [3.63, 3.8) is 0 Å². The molecule has 5 N–H and O–H groups in total. The van der Waals surface area contributed by atoms with Gasteiger partial charge in [-0.15, -0.1) is 0 Å². The van der Waals surface area contributed by atoms with Gasteiger partial charge in [-0.05, 0) is 45.0 Å². The molecule has 15 heteroatoms. The van der Waals surface area contributed by atoms with Gasteiger partial charge in [-0.1, -0.05) is 18.2 Å². The van der Waals surface area contributed by atoms with Crippen LogP contribution in [0.4, 0.5) is 10.2 Å². The predicted molar refractivity (Wildman–Crippen MR) is 136 cm³/mol. The Morgan fingerprint density at radius 3 is 2.64 bits per heavy atom. The van der Waals surface area contributed by atoms with Crippen LogP contribution in [-0.4, -0.2) is 74.0 Å². The average Bonchev–Trinajstić information content (AvgIpc) is 3.43. The first kappa shape index (κ1) is 28.9. The third-order valence-corrected chi connectivity index (χ3v) is 7.69. The van der Waals surface area contributed by atoms with Gasteiger partial charge in [0.1, 0.15) is 54.2 Å². The SMILES string of the molecule is CC(C)OC(=O)[C@H](C)NP(=O)(OC[C@@]1(CF)O[C@@H](c2ccc3c(N)ncnn23)[C@H](O)[C@@H]1O)Oc1ccccc1. The molecule has 2 aromatic heterocycles. The number of hydrogen-bond acceptors (Lipinski definition) is 11. The lowest BCUT2D eigenvalue weighted by Gasteiger charge is -2.31. The number of alkyl halides is 1. The number of anilines is 1. The topological polar surface area (TPSA) is 180 Å². The van der Waals surface area contributed by atoms with E-state index < -0.39 is 63.1 Å². The van der Waals surface area contributed by atoms with Crippen LogP contribution >= 0.6 is 7.75 Å². The fraction of sp³-hybridized carbons (Fsp3) is 0.458. The molecule has 0 bridgehead atoms. The van der Waals surface area contributed by atoms with E-state index in [2.05, 4.69) is 15.2 Å². The van der Waals surface area contributed by atoms with Gasteiger partial charge in [0.15, 0.2) is 5.82 Å². The summed E-state index contributed by atoms with van der Waals surface area (Å²) in [5.41, 5.74) is 4.41. The molecular weight excluding hydrogens is 536 g/mol. The summed E-state index contributed by atoms with van der Waals surface area (Å²) < 4.78 is 51.8. The monoisotopic (exact) mass is 567 g/mol. The minimum atomic E-state index is -4.41. The van der Waals surface area contributed by atoms with Crippen LogP contribution in [0.3, 0.4) is 0 Å². The Labute approximate surface area is 223 Å². The molecule has 0 amide bonds. The van der Waals surface area contributed by atoms with Crippen molar-refractivity contribution in [2.75, 3.05) is 19.0 Å². The summed E-state index contributed by atoms with van der Waals surface area (Å²) in [6.07, 6.45) is -3.90. The van der Waals surface area contributed by atoms with Gasteiger partial charge in [0, 0.05) is 0 Å². The number of fused-ring (bicyclic) bond motifs is 1. The molecule has 1 unspecified atom stereocenters.